The number of carboxylic acids is 1. The Bertz CT molecular complexity index is 546. The first-order valence-electron chi connectivity index (χ1n) is 7.26. The number of carbonyl (C=O) groups is 2. The molecule has 1 aliphatic carbocycles. The molecule has 1 aromatic heterocycles. The Labute approximate surface area is 128 Å². The van der Waals surface area contributed by atoms with Crippen molar-refractivity contribution in [3.63, 3.8) is 0 Å². The smallest absolute Gasteiger partial charge is 0.303 e. The first-order chi connectivity index (χ1) is 9.75. The highest BCUT2D eigenvalue weighted by molar-refractivity contribution is 7.15. The van der Waals surface area contributed by atoms with E-state index in [4.69, 9.17) is 5.11 Å². The largest absolute Gasteiger partial charge is 0.481 e. The minimum Gasteiger partial charge on any atom is -0.481 e. The summed E-state index contributed by atoms with van der Waals surface area (Å²) in [5, 5.41) is 11.9. The fourth-order valence-corrected chi connectivity index (χ4v) is 3.67. The van der Waals surface area contributed by atoms with Crippen LogP contribution >= 0.6 is 11.3 Å². The van der Waals surface area contributed by atoms with Gasteiger partial charge in [0.25, 0.3) is 0 Å². The van der Waals surface area contributed by atoms with Gasteiger partial charge in [-0.25, -0.2) is 4.98 Å². The van der Waals surface area contributed by atoms with Crippen LogP contribution in [0.3, 0.4) is 0 Å². The van der Waals surface area contributed by atoms with Crippen molar-refractivity contribution in [1.82, 2.24) is 4.98 Å². The zero-order chi connectivity index (χ0) is 15.6. The van der Waals surface area contributed by atoms with E-state index >= 15 is 0 Å². The van der Waals surface area contributed by atoms with Gasteiger partial charge in [0.05, 0.1) is 12.1 Å². The van der Waals surface area contributed by atoms with Gasteiger partial charge in [0.15, 0.2) is 5.13 Å². The van der Waals surface area contributed by atoms with E-state index in [9.17, 15) is 9.59 Å². The number of aliphatic carboxylic acids is 1. The van der Waals surface area contributed by atoms with Crippen molar-refractivity contribution in [2.75, 3.05) is 5.32 Å². The van der Waals surface area contributed by atoms with Crippen LogP contribution in [-0.4, -0.2) is 22.0 Å². The number of amides is 1. The molecule has 2 N–H and O–H groups in total. The van der Waals surface area contributed by atoms with Gasteiger partial charge in [-0.3, -0.25) is 9.59 Å². The summed E-state index contributed by atoms with van der Waals surface area (Å²) in [5.41, 5.74) is 1.38. The van der Waals surface area contributed by atoms with E-state index in [1.807, 2.05) is 0 Å². The number of carbonyl (C=O) groups excluding carboxylic acids is 1. The highest BCUT2D eigenvalue weighted by Crippen LogP contribution is 2.40. The predicted octanol–water partition coefficient (Wildman–Crippen LogP) is 3.10. The number of carboxylic acid groups (broad SMARTS) is 1. The molecule has 0 saturated carbocycles. The zero-order valence-corrected chi connectivity index (χ0v) is 13.5. The molecular weight excluding hydrogens is 288 g/mol. The number of rotatable bonds is 4. The fourth-order valence-electron chi connectivity index (χ4n) is 2.57. The molecule has 5 nitrogen and oxygen atoms in total. The number of aromatic nitrogens is 1. The Balaban J connectivity index is 1.98. The third-order valence-electron chi connectivity index (χ3n) is 3.98. The van der Waals surface area contributed by atoms with Gasteiger partial charge in [-0.15, -0.1) is 11.3 Å². The summed E-state index contributed by atoms with van der Waals surface area (Å²) in [5.74, 6) is -0.603. The standard InChI is InChI=1S/C15H22N2O3S/c1-15(2,3)9-4-5-10-11(8-9)21-14(16-10)17-12(18)6-7-13(19)20/h9H,4-8H2,1-3H3,(H,19,20)(H,16,17,18). The van der Waals surface area contributed by atoms with E-state index in [0.29, 0.717) is 11.0 Å². The van der Waals surface area contributed by atoms with Crippen LogP contribution in [0.2, 0.25) is 0 Å². The topological polar surface area (TPSA) is 79.3 Å². The van der Waals surface area contributed by atoms with Gasteiger partial charge in [0.1, 0.15) is 0 Å². The van der Waals surface area contributed by atoms with Crippen LogP contribution in [0.25, 0.3) is 0 Å². The average molecular weight is 310 g/mol. The van der Waals surface area contributed by atoms with E-state index in [0.717, 1.165) is 25.0 Å². The molecule has 0 bridgehead atoms. The molecule has 116 valence electrons. The molecule has 0 fully saturated rings. The molecule has 1 aromatic rings. The Morgan fingerprint density at radius 3 is 2.71 bits per heavy atom. The second-order valence-corrected chi connectivity index (χ2v) is 7.72. The second kappa shape index (κ2) is 6.13. The maximum Gasteiger partial charge on any atom is 0.303 e. The SMILES string of the molecule is CC(C)(C)C1CCc2nc(NC(=O)CCC(=O)O)sc2C1. The Kier molecular flexibility index (Phi) is 4.66. The lowest BCUT2D eigenvalue weighted by molar-refractivity contribution is -0.138. The van der Waals surface area contributed by atoms with Gasteiger partial charge in [0.2, 0.25) is 5.91 Å². The van der Waals surface area contributed by atoms with E-state index in [1.54, 1.807) is 0 Å². The minimum absolute atomic E-state index is 0.00973. The summed E-state index contributed by atoms with van der Waals surface area (Å²) in [4.78, 5) is 27.8. The number of aryl methyl sites for hydroxylation is 1. The van der Waals surface area contributed by atoms with Gasteiger partial charge in [-0.2, -0.15) is 0 Å². The molecule has 1 heterocycles. The molecular formula is C15H22N2O3S. The molecule has 0 spiro atoms. The second-order valence-electron chi connectivity index (χ2n) is 6.64. The normalized spacial score (nSPS) is 18.1. The van der Waals surface area contributed by atoms with Gasteiger partial charge < -0.3 is 10.4 Å². The van der Waals surface area contributed by atoms with E-state index in [1.165, 1.54) is 16.2 Å². The first-order valence-corrected chi connectivity index (χ1v) is 8.07. The third kappa shape index (κ3) is 4.27. The number of fused-ring (bicyclic) bond motifs is 1. The molecule has 0 saturated heterocycles. The lowest BCUT2D eigenvalue weighted by Crippen LogP contribution is -2.26. The number of hydrogen-bond acceptors (Lipinski definition) is 4. The summed E-state index contributed by atoms with van der Waals surface area (Å²) in [6.07, 6.45) is 2.94. The van der Waals surface area contributed by atoms with E-state index < -0.39 is 5.97 Å². The van der Waals surface area contributed by atoms with Crippen molar-refractivity contribution in [3.05, 3.63) is 10.6 Å². The van der Waals surface area contributed by atoms with Crippen LogP contribution in [0.15, 0.2) is 0 Å². The highest BCUT2D eigenvalue weighted by atomic mass is 32.1. The van der Waals surface area contributed by atoms with Crippen molar-refractivity contribution in [1.29, 1.82) is 0 Å². The maximum atomic E-state index is 11.6. The minimum atomic E-state index is -0.961. The van der Waals surface area contributed by atoms with Crippen molar-refractivity contribution < 1.29 is 14.7 Å². The molecule has 0 aromatic carbocycles. The van der Waals surface area contributed by atoms with Crippen LogP contribution in [0.1, 0.15) is 50.6 Å². The van der Waals surface area contributed by atoms with Gasteiger partial charge >= 0.3 is 5.97 Å². The molecule has 6 heteroatoms. The number of thiazole rings is 1. The summed E-state index contributed by atoms with van der Waals surface area (Å²) < 4.78 is 0. The maximum absolute atomic E-state index is 11.6. The van der Waals surface area contributed by atoms with Crippen molar-refractivity contribution in [2.24, 2.45) is 11.3 Å². The van der Waals surface area contributed by atoms with Crippen LogP contribution in [0, 0.1) is 11.3 Å². The predicted molar refractivity (Wildman–Crippen MR) is 82.6 cm³/mol. The Morgan fingerprint density at radius 1 is 1.38 bits per heavy atom. The molecule has 1 amide bonds. The number of hydrogen-bond donors (Lipinski definition) is 2. The van der Waals surface area contributed by atoms with Crippen LogP contribution in [0.5, 0.6) is 0 Å². The Morgan fingerprint density at radius 2 is 2.10 bits per heavy atom. The highest BCUT2D eigenvalue weighted by Gasteiger charge is 2.30. The monoisotopic (exact) mass is 310 g/mol. The third-order valence-corrected chi connectivity index (χ3v) is 5.01. The van der Waals surface area contributed by atoms with Gasteiger partial charge in [-0.05, 0) is 30.6 Å². The number of anilines is 1. The van der Waals surface area contributed by atoms with Crippen LogP contribution in [0.4, 0.5) is 5.13 Å². The molecule has 1 unspecified atom stereocenters. The van der Waals surface area contributed by atoms with Crippen molar-refractivity contribution in [2.45, 2.75) is 52.9 Å². The van der Waals surface area contributed by atoms with E-state index in [2.05, 4.69) is 31.1 Å². The summed E-state index contributed by atoms with van der Waals surface area (Å²) in [6.45, 7) is 6.79. The summed E-state index contributed by atoms with van der Waals surface area (Å²) >= 11 is 1.53. The summed E-state index contributed by atoms with van der Waals surface area (Å²) in [6, 6.07) is 0. The van der Waals surface area contributed by atoms with Gasteiger partial charge in [0, 0.05) is 11.3 Å². The molecule has 2 rings (SSSR count). The number of nitrogens with one attached hydrogen (secondary N) is 1. The Hall–Kier alpha value is -1.43. The zero-order valence-electron chi connectivity index (χ0n) is 12.7. The number of nitrogens with zero attached hydrogens (tertiary/aromatic N) is 1. The van der Waals surface area contributed by atoms with Crippen molar-refractivity contribution in [3.8, 4) is 0 Å². The molecule has 1 aliphatic rings. The lowest BCUT2D eigenvalue weighted by Gasteiger charge is -2.33. The van der Waals surface area contributed by atoms with Gasteiger partial charge in [-0.1, -0.05) is 20.8 Å². The quantitative estimate of drug-likeness (QED) is 0.895. The van der Waals surface area contributed by atoms with Crippen LogP contribution < -0.4 is 5.32 Å². The first kappa shape index (κ1) is 15.9. The summed E-state index contributed by atoms with van der Waals surface area (Å²) in [7, 11) is 0. The van der Waals surface area contributed by atoms with E-state index in [-0.39, 0.29) is 24.2 Å². The molecule has 1 atom stereocenters. The van der Waals surface area contributed by atoms with Crippen LogP contribution in [-0.2, 0) is 22.4 Å². The van der Waals surface area contributed by atoms with Crippen molar-refractivity contribution >= 4 is 28.3 Å². The molecule has 0 radical (unpaired) electrons. The fraction of sp³-hybridized carbons (Fsp3) is 0.667. The molecule has 21 heavy (non-hydrogen) atoms. The lowest BCUT2D eigenvalue weighted by atomic mass is 9.73. The molecule has 0 aliphatic heterocycles. The average Bonchev–Trinajstić information content (AvgIpc) is 2.76.